The molecule has 8 heteroatoms. The van der Waals surface area contributed by atoms with Crippen molar-refractivity contribution in [3.63, 3.8) is 0 Å². The van der Waals surface area contributed by atoms with Crippen molar-refractivity contribution in [3.05, 3.63) is 61.2 Å². The zero-order valence-corrected chi connectivity index (χ0v) is 22.6. The van der Waals surface area contributed by atoms with Crippen LogP contribution < -0.4 is 0 Å². The van der Waals surface area contributed by atoms with E-state index in [1.54, 1.807) is 26.9 Å². The van der Waals surface area contributed by atoms with Crippen molar-refractivity contribution < 1.29 is 24.2 Å². The molecule has 0 aliphatic carbocycles. The third-order valence-corrected chi connectivity index (χ3v) is 8.24. The van der Waals surface area contributed by atoms with Crippen LogP contribution in [-0.2, 0) is 25.7 Å². The number of hydrogen-bond acceptors (Lipinski definition) is 5. The Bertz CT molecular complexity index is 1040. The first-order valence-electron chi connectivity index (χ1n) is 13.7. The summed E-state index contributed by atoms with van der Waals surface area (Å²) in [5.74, 6) is -1.85. The molecule has 2 unspecified atom stereocenters. The van der Waals surface area contributed by atoms with Crippen molar-refractivity contribution in [3.8, 4) is 0 Å². The average molecular weight is 524 g/mol. The highest BCUT2D eigenvalue weighted by Crippen LogP contribution is 2.59. The summed E-state index contributed by atoms with van der Waals surface area (Å²) < 4.78 is 6.59. The fraction of sp³-hybridized carbons (Fsp3) is 0.567. The Hall–Kier alpha value is -2.97. The molecule has 2 bridgehead atoms. The number of amides is 3. The van der Waals surface area contributed by atoms with Crippen molar-refractivity contribution in [2.24, 2.45) is 11.8 Å². The maximum Gasteiger partial charge on any atom is 0.248 e. The van der Waals surface area contributed by atoms with E-state index in [-0.39, 0.29) is 30.4 Å². The van der Waals surface area contributed by atoms with Gasteiger partial charge in [-0.05, 0) is 45.1 Å². The fourth-order valence-electron chi connectivity index (χ4n) is 6.60. The lowest BCUT2D eigenvalue weighted by Crippen LogP contribution is -2.57. The van der Waals surface area contributed by atoms with Crippen LogP contribution in [0.1, 0.15) is 45.1 Å². The molecule has 1 spiro atoms. The Morgan fingerprint density at radius 3 is 2.50 bits per heavy atom. The zero-order valence-electron chi connectivity index (χ0n) is 22.6. The van der Waals surface area contributed by atoms with Gasteiger partial charge in [-0.2, -0.15) is 0 Å². The second-order valence-electron chi connectivity index (χ2n) is 10.9. The summed E-state index contributed by atoms with van der Waals surface area (Å²) in [7, 11) is 0. The Balaban J connectivity index is 1.69. The second kappa shape index (κ2) is 11.8. The molecule has 0 aromatic heterocycles. The summed E-state index contributed by atoms with van der Waals surface area (Å²) in [4.78, 5) is 47.4. The number of ether oxygens (including phenoxy) is 1. The van der Waals surface area contributed by atoms with E-state index in [4.69, 9.17) is 4.74 Å². The van der Waals surface area contributed by atoms with Gasteiger partial charge >= 0.3 is 0 Å². The molecule has 3 aliphatic rings. The summed E-state index contributed by atoms with van der Waals surface area (Å²) in [6.45, 7) is 13.0. The molecule has 1 N–H and O–H groups in total. The molecule has 3 saturated heterocycles. The first kappa shape index (κ1) is 28.0. The van der Waals surface area contributed by atoms with Crippen LogP contribution in [0.15, 0.2) is 55.6 Å². The number of carbonyl (C=O) groups is 3. The van der Waals surface area contributed by atoms with Gasteiger partial charge in [0.2, 0.25) is 17.7 Å². The third kappa shape index (κ3) is 4.92. The third-order valence-electron chi connectivity index (χ3n) is 8.24. The number of unbranched alkanes of at least 4 members (excludes halogenated alkanes) is 1. The molecule has 0 saturated carbocycles. The molecule has 3 fully saturated rings. The van der Waals surface area contributed by atoms with Gasteiger partial charge in [0.1, 0.15) is 11.6 Å². The molecular formula is C30H41N3O5. The van der Waals surface area contributed by atoms with E-state index in [1.165, 1.54) is 0 Å². The largest absolute Gasteiger partial charge is 0.396 e. The van der Waals surface area contributed by atoms with Crippen LogP contribution in [0, 0.1) is 11.8 Å². The minimum absolute atomic E-state index is 0.0134. The first-order valence-corrected chi connectivity index (χ1v) is 13.7. The van der Waals surface area contributed by atoms with Gasteiger partial charge in [0.05, 0.1) is 17.9 Å². The van der Waals surface area contributed by atoms with E-state index in [1.807, 2.05) is 44.2 Å². The van der Waals surface area contributed by atoms with Gasteiger partial charge in [0.15, 0.2) is 0 Å². The maximum absolute atomic E-state index is 14.1. The maximum atomic E-state index is 14.1. The Labute approximate surface area is 225 Å². The van der Waals surface area contributed by atoms with Crippen molar-refractivity contribution in [1.29, 1.82) is 0 Å². The summed E-state index contributed by atoms with van der Waals surface area (Å²) in [5.41, 5.74) is -0.0332. The molecule has 4 rings (SSSR count). The quantitative estimate of drug-likeness (QED) is 0.317. The normalized spacial score (nSPS) is 27.5. The van der Waals surface area contributed by atoms with E-state index in [9.17, 15) is 19.5 Å². The Morgan fingerprint density at radius 1 is 1.16 bits per heavy atom. The van der Waals surface area contributed by atoms with E-state index in [2.05, 4.69) is 13.2 Å². The number of likely N-dealkylation sites (tertiary alicyclic amines) is 1. The molecule has 5 atom stereocenters. The highest BCUT2D eigenvalue weighted by atomic mass is 16.5. The summed E-state index contributed by atoms with van der Waals surface area (Å²) in [5, 5.41) is 9.35. The number of nitrogens with zero attached hydrogens (tertiary/aromatic N) is 3. The van der Waals surface area contributed by atoms with Gasteiger partial charge in [-0.15, -0.1) is 13.2 Å². The van der Waals surface area contributed by atoms with Crippen LogP contribution in [-0.4, -0.2) is 87.6 Å². The van der Waals surface area contributed by atoms with E-state index in [0.717, 1.165) is 5.56 Å². The Kier molecular flexibility index (Phi) is 8.73. The molecule has 3 heterocycles. The molecule has 0 radical (unpaired) electrons. The number of carbonyl (C=O) groups excluding carboxylic acids is 3. The minimum atomic E-state index is -1.03. The molecule has 3 amide bonds. The summed E-state index contributed by atoms with van der Waals surface area (Å²) in [6.07, 6.45) is 5.27. The molecule has 38 heavy (non-hydrogen) atoms. The fourth-order valence-corrected chi connectivity index (χ4v) is 6.60. The van der Waals surface area contributed by atoms with Crippen LogP contribution >= 0.6 is 0 Å². The smallest absolute Gasteiger partial charge is 0.248 e. The van der Waals surface area contributed by atoms with E-state index in [0.29, 0.717) is 51.9 Å². The zero-order chi connectivity index (χ0) is 27.4. The molecule has 3 aliphatic heterocycles. The van der Waals surface area contributed by atoms with Gasteiger partial charge < -0.3 is 24.5 Å². The summed E-state index contributed by atoms with van der Waals surface area (Å²) in [6, 6.07) is 8.86. The molecule has 8 nitrogen and oxygen atoms in total. The van der Waals surface area contributed by atoms with Gasteiger partial charge in [-0.25, -0.2) is 0 Å². The van der Waals surface area contributed by atoms with E-state index < -0.39 is 29.6 Å². The van der Waals surface area contributed by atoms with Crippen LogP contribution in [0.4, 0.5) is 0 Å². The van der Waals surface area contributed by atoms with Crippen LogP contribution in [0.5, 0.6) is 0 Å². The first-order chi connectivity index (χ1) is 18.3. The van der Waals surface area contributed by atoms with Crippen LogP contribution in [0.25, 0.3) is 0 Å². The van der Waals surface area contributed by atoms with Gasteiger partial charge in [-0.1, -0.05) is 42.5 Å². The lowest BCUT2D eigenvalue weighted by molar-refractivity contribution is -0.149. The van der Waals surface area contributed by atoms with Crippen LogP contribution in [0.2, 0.25) is 0 Å². The lowest BCUT2D eigenvalue weighted by atomic mass is 9.70. The van der Waals surface area contributed by atoms with Crippen LogP contribution in [0.3, 0.4) is 0 Å². The van der Waals surface area contributed by atoms with E-state index >= 15 is 0 Å². The predicted molar refractivity (Wildman–Crippen MR) is 145 cm³/mol. The number of rotatable bonds is 13. The standard InChI is InChI=1S/C30H41N3O5/c1-5-16-31(20-22-12-8-7-9-13-22)27(35)24-23-14-15-30(38-23)25(24)28(36)33(18-10-11-19-34)26(30)29(37)32(17-6-2)21(3)4/h5-9,12-13,21,23-26,34H,1-2,10-11,14-20H2,3-4H3/t23-,24+,25+,26?,30?/m1/s1. The highest BCUT2D eigenvalue weighted by molar-refractivity contribution is 5.99. The minimum Gasteiger partial charge on any atom is -0.396 e. The van der Waals surface area contributed by atoms with Gasteiger partial charge in [0.25, 0.3) is 0 Å². The molecular weight excluding hydrogens is 482 g/mol. The Morgan fingerprint density at radius 2 is 1.87 bits per heavy atom. The lowest BCUT2D eigenvalue weighted by Gasteiger charge is -2.38. The topological polar surface area (TPSA) is 90.4 Å². The number of aliphatic hydroxyl groups is 1. The number of aliphatic hydroxyl groups excluding tert-OH is 1. The molecule has 1 aromatic rings. The summed E-state index contributed by atoms with van der Waals surface area (Å²) >= 11 is 0. The van der Waals surface area contributed by atoms with Crippen molar-refractivity contribution in [1.82, 2.24) is 14.7 Å². The number of hydrogen-bond donors (Lipinski definition) is 1. The predicted octanol–water partition coefficient (Wildman–Crippen LogP) is 2.77. The highest BCUT2D eigenvalue weighted by Gasteiger charge is 2.74. The van der Waals surface area contributed by atoms with Gasteiger partial charge in [-0.3, -0.25) is 14.4 Å². The SMILES string of the molecule is C=CCN(Cc1ccccc1)C(=O)[C@@H]1[C@H]2C(=O)N(CCCCO)C(C(=O)N(CC=C)C(C)C)C23CC[C@H]1O3. The van der Waals surface area contributed by atoms with Gasteiger partial charge in [0, 0.05) is 38.8 Å². The second-order valence-corrected chi connectivity index (χ2v) is 10.9. The van der Waals surface area contributed by atoms with Crippen molar-refractivity contribution in [2.75, 3.05) is 26.2 Å². The monoisotopic (exact) mass is 523 g/mol. The molecule has 206 valence electrons. The average Bonchev–Trinajstić information content (AvgIpc) is 3.54. The molecule has 1 aromatic carbocycles. The van der Waals surface area contributed by atoms with Crippen molar-refractivity contribution >= 4 is 17.7 Å². The number of benzene rings is 1. The number of fused-ring (bicyclic) bond motifs is 1. The van der Waals surface area contributed by atoms with Crippen molar-refractivity contribution in [2.45, 2.75) is 69.9 Å².